The number of hydrogen-bond donors (Lipinski definition) is 1. The Bertz CT molecular complexity index is 765. The number of carbonyl (C=O) groups is 2. The Morgan fingerprint density at radius 2 is 1.81 bits per heavy atom. The Hall–Kier alpha value is -1.60. The quantitative estimate of drug-likeness (QED) is 0.719. The minimum absolute atomic E-state index is 0.00564. The molecule has 3 aliphatic rings. The number of benzene rings is 1. The number of thioether (sulfide) groups is 1. The summed E-state index contributed by atoms with van der Waals surface area (Å²) in [6.45, 7) is 3.66. The van der Waals surface area contributed by atoms with E-state index in [9.17, 15) is 14.0 Å². The third kappa shape index (κ3) is 5.61. The predicted molar refractivity (Wildman–Crippen MR) is 122 cm³/mol. The number of hydrogen-bond acceptors (Lipinski definition) is 4. The summed E-state index contributed by atoms with van der Waals surface area (Å²) in [4.78, 5) is 30.7. The number of amides is 2. The summed E-state index contributed by atoms with van der Waals surface area (Å²) in [5, 5.41) is 3.08. The van der Waals surface area contributed by atoms with Gasteiger partial charge in [0.05, 0.1) is 5.37 Å². The minimum Gasteiger partial charge on any atom is -0.353 e. The van der Waals surface area contributed by atoms with E-state index in [-0.39, 0.29) is 17.2 Å². The van der Waals surface area contributed by atoms with Crippen molar-refractivity contribution in [2.75, 3.05) is 31.9 Å². The summed E-state index contributed by atoms with van der Waals surface area (Å²) in [5.74, 6) is 0.290. The number of halogens is 1. The van der Waals surface area contributed by atoms with Crippen LogP contribution in [-0.2, 0) is 4.79 Å². The maximum absolute atomic E-state index is 13.8. The van der Waals surface area contributed by atoms with Crippen molar-refractivity contribution in [3.8, 4) is 0 Å². The SMILES string of the molecule is O=C(NCCN1CCCCC1)[C@@H]1CS[C@H](C2CCCCC2)N1C(=O)c1cccc(F)c1. The molecule has 0 spiro atoms. The van der Waals surface area contributed by atoms with Crippen LogP contribution in [0.25, 0.3) is 0 Å². The molecule has 170 valence electrons. The predicted octanol–water partition coefficient (Wildman–Crippen LogP) is 3.89. The van der Waals surface area contributed by atoms with Crippen molar-refractivity contribution in [2.24, 2.45) is 5.92 Å². The second kappa shape index (κ2) is 10.8. The molecule has 2 atom stereocenters. The van der Waals surface area contributed by atoms with Gasteiger partial charge in [-0.2, -0.15) is 0 Å². The van der Waals surface area contributed by atoms with Gasteiger partial charge in [-0.25, -0.2) is 4.39 Å². The van der Waals surface area contributed by atoms with Crippen LogP contribution in [0.2, 0.25) is 0 Å². The molecule has 0 bridgehead atoms. The van der Waals surface area contributed by atoms with Gasteiger partial charge in [0, 0.05) is 24.4 Å². The molecule has 1 saturated carbocycles. The van der Waals surface area contributed by atoms with Gasteiger partial charge in [-0.3, -0.25) is 9.59 Å². The van der Waals surface area contributed by atoms with Crippen molar-refractivity contribution in [1.29, 1.82) is 0 Å². The van der Waals surface area contributed by atoms with Gasteiger partial charge in [-0.1, -0.05) is 31.7 Å². The maximum Gasteiger partial charge on any atom is 0.255 e. The highest BCUT2D eigenvalue weighted by Crippen LogP contribution is 2.41. The lowest BCUT2D eigenvalue weighted by atomic mass is 9.88. The highest BCUT2D eigenvalue weighted by Gasteiger charge is 2.45. The fourth-order valence-corrected chi connectivity index (χ4v) is 6.82. The summed E-state index contributed by atoms with van der Waals surface area (Å²) in [6, 6.07) is 5.36. The van der Waals surface area contributed by atoms with Crippen LogP contribution in [0.15, 0.2) is 24.3 Å². The first-order valence-corrected chi connectivity index (χ1v) is 12.9. The van der Waals surface area contributed by atoms with Crippen LogP contribution in [-0.4, -0.2) is 65.0 Å². The molecule has 31 heavy (non-hydrogen) atoms. The van der Waals surface area contributed by atoms with Gasteiger partial charge in [0.15, 0.2) is 0 Å². The molecule has 2 heterocycles. The monoisotopic (exact) mass is 447 g/mol. The van der Waals surface area contributed by atoms with Crippen LogP contribution >= 0.6 is 11.8 Å². The average Bonchev–Trinajstić information content (AvgIpc) is 3.25. The maximum atomic E-state index is 13.8. The first-order valence-electron chi connectivity index (χ1n) is 11.8. The fourth-order valence-electron chi connectivity index (χ4n) is 5.18. The summed E-state index contributed by atoms with van der Waals surface area (Å²) in [7, 11) is 0. The van der Waals surface area contributed by atoms with Crippen LogP contribution in [0.4, 0.5) is 4.39 Å². The van der Waals surface area contributed by atoms with Gasteiger partial charge >= 0.3 is 0 Å². The van der Waals surface area contributed by atoms with Crippen molar-refractivity contribution in [3.63, 3.8) is 0 Å². The smallest absolute Gasteiger partial charge is 0.255 e. The Labute approximate surface area is 189 Å². The van der Waals surface area contributed by atoms with Crippen LogP contribution in [0.3, 0.4) is 0 Å². The normalized spacial score (nSPS) is 25.5. The number of carbonyl (C=O) groups excluding carboxylic acids is 2. The highest BCUT2D eigenvalue weighted by atomic mass is 32.2. The standard InChI is InChI=1S/C24H34FN3O2S/c25-20-11-7-10-19(16-20)23(30)28-21(17-31-24(28)18-8-3-1-4-9-18)22(29)26-12-15-27-13-5-2-6-14-27/h7,10-11,16,18,21,24H,1-6,8-9,12-15,17H2,(H,26,29)/t21-,24+/m0/s1. The molecule has 7 heteroatoms. The molecule has 3 fully saturated rings. The van der Waals surface area contributed by atoms with Crippen molar-refractivity contribution in [2.45, 2.75) is 62.8 Å². The van der Waals surface area contributed by atoms with Crippen molar-refractivity contribution < 1.29 is 14.0 Å². The van der Waals surface area contributed by atoms with Crippen LogP contribution in [0.1, 0.15) is 61.7 Å². The average molecular weight is 448 g/mol. The van der Waals surface area contributed by atoms with Crippen LogP contribution in [0, 0.1) is 11.7 Å². The highest BCUT2D eigenvalue weighted by molar-refractivity contribution is 8.00. The van der Waals surface area contributed by atoms with E-state index in [0.29, 0.717) is 23.8 Å². The largest absolute Gasteiger partial charge is 0.353 e. The molecule has 2 saturated heterocycles. The molecule has 1 aromatic carbocycles. The molecule has 1 aromatic rings. The minimum atomic E-state index is -0.492. The molecule has 2 amide bonds. The van der Waals surface area contributed by atoms with E-state index < -0.39 is 11.9 Å². The van der Waals surface area contributed by atoms with Crippen molar-refractivity contribution in [1.82, 2.24) is 15.1 Å². The van der Waals surface area contributed by atoms with Gasteiger partial charge < -0.3 is 15.1 Å². The topological polar surface area (TPSA) is 52.7 Å². The van der Waals surface area contributed by atoms with E-state index in [1.807, 2.05) is 0 Å². The fraction of sp³-hybridized carbons (Fsp3) is 0.667. The molecule has 4 rings (SSSR count). The summed E-state index contributed by atoms with van der Waals surface area (Å²) < 4.78 is 13.8. The first kappa shape index (κ1) is 22.6. The third-order valence-electron chi connectivity index (χ3n) is 6.87. The molecule has 5 nitrogen and oxygen atoms in total. The Balaban J connectivity index is 1.45. The second-order valence-corrected chi connectivity index (χ2v) is 10.2. The Kier molecular flexibility index (Phi) is 7.88. The van der Waals surface area contributed by atoms with Gasteiger partial charge in [-0.15, -0.1) is 11.8 Å². The van der Waals surface area contributed by atoms with Gasteiger partial charge in [0.25, 0.3) is 5.91 Å². The number of nitrogens with zero attached hydrogens (tertiary/aromatic N) is 2. The second-order valence-electron chi connectivity index (χ2n) is 9.05. The molecule has 0 aromatic heterocycles. The molecule has 1 aliphatic carbocycles. The van der Waals surface area contributed by atoms with Crippen LogP contribution < -0.4 is 5.32 Å². The van der Waals surface area contributed by atoms with E-state index in [2.05, 4.69) is 10.2 Å². The third-order valence-corrected chi connectivity index (χ3v) is 8.33. The summed E-state index contributed by atoms with van der Waals surface area (Å²) >= 11 is 1.72. The Morgan fingerprint density at radius 3 is 2.55 bits per heavy atom. The number of rotatable bonds is 6. The lowest BCUT2D eigenvalue weighted by Crippen LogP contribution is -2.52. The van der Waals surface area contributed by atoms with Gasteiger partial charge in [-0.05, 0) is 62.9 Å². The summed E-state index contributed by atoms with van der Waals surface area (Å²) in [6.07, 6.45) is 9.53. The zero-order valence-corrected chi connectivity index (χ0v) is 19.0. The molecule has 1 N–H and O–H groups in total. The molecule has 0 unspecified atom stereocenters. The molecular formula is C24H34FN3O2S. The lowest BCUT2D eigenvalue weighted by Gasteiger charge is -2.35. The van der Waals surface area contributed by atoms with E-state index in [1.54, 1.807) is 28.8 Å². The van der Waals surface area contributed by atoms with E-state index in [0.717, 1.165) is 32.5 Å². The molecule has 0 radical (unpaired) electrons. The zero-order valence-electron chi connectivity index (χ0n) is 18.2. The molecule has 2 aliphatic heterocycles. The number of likely N-dealkylation sites (tertiary alicyclic amines) is 1. The van der Waals surface area contributed by atoms with E-state index >= 15 is 0 Å². The van der Waals surface area contributed by atoms with E-state index in [4.69, 9.17) is 0 Å². The number of nitrogens with one attached hydrogen (secondary N) is 1. The number of piperidine rings is 1. The van der Waals surface area contributed by atoms with Crippen LogP contribution in [0.5, 0.6) is 0 Å². The zero-order chi connectivity index (χ0) is 21.6. The van der Waals surface area contributed by atoms with Gasteiger partial charge in [0.2, 0.25) is 5.91 Å². The first-order chi connectivity index (χ1) is 15.1. The van der Waals surface area contributed by atoms with Gasteiger partial charge in [0.1, 0.15) is 11.9 Å². The van der Waals surface area contributed by atoms with E-state index in [1.165, 1.54) is 50.7 Å². The lowest BCUT2D eigenvalue weighted by molar-refractivity contribution is -0.125. The molecular weight excluding hydrogens is 413 g/mol. The van der Waals surface area contributed by atoms with Crippen molar-refractivity contribution in [3.05, 3.63) is 35.6 Å². The Morgan fingerprint density at radius 1 is 1.06 bits per heavy atom. The summed E-state index contributed by atoms with van der Waals surface area (Å²) in [5.41, 5.74) is 0.328. The van der Waals surface area contributed by atoms with Crippen molar-refractivity contribution >= 4 is 23.6 Å².